The average molecular weight is 355 g/mol. The molecular formula is C15H13BrClNO2. The lowest BCUT2D eigenvalue weighted by molar-refractivity contribution is -0.136. The van der Waals surface area contributed by atoms with Crippen molar-refractivity contribution in [2.24, 2.45) is 0 Å². The van der Waals surface area contributed by atoms with Crippen molar-refractivity contribution in [3.05, 3.63) is 63.1 Å². The van der Waals surface area contributed by atoms with E-state index in [2.05, 4.69) is 21.2 Å². The number of halogens is 2. The second-order valence-corrected chi connectivity index (χ2v) is 5.69. The van der Waals surface area contributed by atoms with E-state index in [1.807, 2.05) is 42.5 Å². The summed E-state index contributed by atoms with van der Waals surface area (Å²) >= 11 is 9.48. The summed E-state index contributed by atoms with van der Waals surface area (Å²) < 4.78 is 0.936. The molecule has 0 radical (unpaired) electrons. The second-order valence-electron chi connectivity index (χ2n) is 4.36. The van der Waals surface area contributed by atoms with Crippen molar-refractivity contribution in [1.82, 2.24) is 0 Å². The van der Waals surface area contributed by atoms with Crippen LogP contribution in [0.1, 0.15) is 11.1 Å². The van der Waals surface area contributed by atoms with Crippen molar-refractivity contribution in [3.8, 4) is 0 Å². The molecule has 0 aliphatic heterocycles. The summed E-state index contributed by atoms with van der Waals surface area (Å²) in [4.78, 5) is 10.6. The molecule has 0 bridgehead atoms. The number of carboxylic acid groups (broad SMARTS) is 1. The molecule has 0 saturated heterocycles. The maximum Gasteiger partial charge on any atom is 0.307 e. The van der Waals surface area contributed by atoms with E-state index < -0.39 is 5.97 Å². The van der Waals surface area contributed by atoms with Crippen LogP contribution in [0.4, 0.5) is 5.69 Å². The molecule has 20 heavy (non-hydrogen) atoms. The van der Waals surface area contributed by atoms with E-state index in [-0.39, 0.29) is 6.42 Å². The van der Waals surface area contributed by atoms with E-state index >= 15 is 0 Å². The lowest BCUT2D eigenvalue weighted by atomic mass is 10.1. The number of carbonyl (C=O) groups is 1. The summed E-state index contributed by atoms with van der Waals surface area (Å²) in [5, 5.41) is 12.6. The van der Waals surface area contributed by atoms with E-state index in [1.165, 1.54) is 0 Å². The SMILES string of the molecule is O=C(O)Cc1ccc(CNc2ccc(Br)cc2Cl)cc1. The molecule has 0 aliphatic rings. The number of hydrogen-bond donors (Lipinski definition) is 2. The quantitative estimate of drug-likeness (QED) is 0.839. The number of anilines is 1. The maximum atomic E-state index is 10.6. The molecule has 2 aromatic carbocycles. The molecule has 0 saturated carbocycles. The predicted molar refractivity (Wildman–Crippen MR) is 84.3 cm³/mol. The smallest absolute Gasteiger partial charge is 0.307 e. The Bertz CT molecular complexity index is 614. The van der Waals surface area contributed by atoms with E-state index in [0.29, 0.717) is 11.6 Å². The molecule has 104 valence electrons. The third-order valence-electron chi connectivity index (χ3n) is 2.79. The van der Waals surface area contributed by atoms with Gasteiger partial charge in [-0.15, -0.1) is 0 Å². The highest BCUT2D eigenvalue weighted by Gasteiger charge is 2.02. The minimum Gasteiger partial charge on any atom is -0.481 e. The fraction of sp³-hybridized carbons (Fsp3) is 0.133. The summed E-state index contributed by atoms with van der Waals surface area (Å²) in [6.45, 7) is 0.634. The fourth-order valence-corrected chi connectivity index (χ4v) is 2.52. The van der Waals surface area contributed by atoms with Gasteiger partial charge in [-0.3, -0.25) is 4.79 Å². The molecule has 0 atom stereocenters. The number of aliphatic carboxylic acids is 1. The highest BCUT2D eigenvalue weighted by Crippen LogP contribution is 2.26. The van der Waals surface area contributed by atoms with E-state index in [9.17, 15) is 4.79 Å². The fourth-order valence-electron chi connectivity index (χ4n) is 1.78. The minimum absolute atomic E-state index is 0.0479. The summed E-state index contributed by atoms with van der Waals surface area (Å²) in [5.74, 6) is -0.822. The first kappa shape index (κ1) is 14.9. The van der Waals surface area contributed by atoms with Crippen LogP contribution in [-0.4, -0.2) is 11.1 Å². The monoisotopic (exact) mass is 353 g/mol. The Labute approximate surface area is 130 Å². The Morgan fingerprint density at radius 3 is 2.40 bits per heavy atom. The van der Waals surface area contributed by atoms with Crippen molar-refractivity contribution in [2.45, 2.75) is 13.0 Å². The molecule has 5 heteroatoms. The molecular weight excluding hydrogens is 342 g/mol. The zero-order valence-electron chi connectivity index (χ0n) is 10.6. The molecule has 0 aliphatic carbocycles. The van der Waals surface area contributed by atoms with Crippen LogP contribution in [0.5, 0.6) is 0 Å². The summed E-state index contributed by atoms with van der Waals surface area (Å²) in [5.41, 5.74) is 2.73. The van der Waals surface area contributed by atoms with Gasteiger partial charge in [0.1, 0.15) is 0 Å². The van der Waals surface area contributed by atoms with Crippen molar-refractivity contribution >= 4 is 39.2 Å². The number of rotatable bonds is 5. The van der Waals surface area contributed by atoms with Crippen molar-refractivity contribution in [2.75, 3.05) is 5.32 Å². The Morgan fingerprint density at radius 2 is 1.80 bits per heavy atom. The zero-order valence-corrected chi connectivity index (χ0v) is 12.9. The zero-order chi connectivity index (χ0) is 14.5. The summed E-state index contributed by atoms with van der Waals surface area (Å²) in [6, 6.07) is 13.1. The molecule has 0 spiro atoms. The van der Waals surface area contributed by atoms with Gasteiger partial charge in [0.2, 0.25) is 0 Å². The van der Waals surface area contributed by atoms with Crippen LogP contribution < -0.4 is 5.32 Å². The minimum atomic E-state index is -0.822. The lowest BCUT2D eigenvalue weighted by Crippen LogP contribution is -2.02. The largest absolute Gasteiger partial charge is 0.481 e. The molecule has 0 unspecified atom stereocenters. The van der Waals surface area contributed by atoms with Crippen LogP contribution in [0.15, 0.2) is 46.9 Å². The van der Waals surface area contributed by atoms with E-state index in [0.717, 1.165) is 21.3 Å². The van der Waals surface area contributed by atoms with Gasteiger partial charge in [-0.1, -0.05) is 51.8 Å². The van der Waals surface area contributed by atoms with Gasteiger partial charge in [-0.05, 0) is 29.3 Å². The van der Waals surface area contributed by atoms with Gasteiger partial charge < -0.3 is 10.4 Å². The van der Waals surface area contributed by atoms with Crippen molar-refractivity contribution in [1.29, 1.82) is 0 Å². The van der Waals surface area contributed by atoms with Crippen molar-refractivity contribution in [3.63, 3.8) is 0 Å². The Kier molecular flexibility index (Phi) is 5.04. The molecule has 2 aromatic rings. The molecule has 2 N–H and O–H groups in total. The van der Waals surface area contributed by atoms with Crippen LogP contribution in [0.2, 0.25) is 5.02 Å². The van der Waals surface area contributed by atoms with Gasteiger partial charge in [0.25, 0.3) is 0 Å². The first-order valence-corrected chi connectivity index (χ1v) is 7.20. The maximum absolute atomic E-state index is 10.6. The van der Waals surface area contributed by atoms with Crippen LogP contribution in [0, 0.1) is 0 Å². The number of hydrogen-bond acceptors (Lipinski definition) is 2. The normalized spacial score (nSPS) is 10.3. The second kappa shape index (κ2) is 6.77. The molecule has 0 aromatic heterocycles. The number of benzene rings is 2. The predicted octanol–water partition coefficient (Wildman–Crippen LogP) is 4.34. The van der Waals surface area contributed by atoms with Crippen molar-refractivity contribution < 1.29 is 9.90 Å². The molecule has 2 rings (SSSR count). The van der Waals surface area contributed by atoms with Crippen LogP contribution in [0.25, 0.3) is 0 Å². The molecule has 3 nitrogen and oxygen atoms in total. The number of carboxylic acids is 1. The van der Waals surface area contributed by atoms with Crippen LogP contribution in [-0.2, 0) is 17.8 Å². The highest BCUT2D eigenvalue weighted by molar-refractivity contribution is 9.10. The molecule has 0 heterocycles. The van der Waals surface area contributed by atoms with Gasteiger partial charge in [0.15, 0.2) is 0 Å². The molecule has 0 amide bonds. The average Bonchev–Trinajstić information content (AvgIpc) is 2.39. The standard InChI is InChI=1S/C15H13BrClNO2/c16-12-5-6-14(13(17)8-12)18-9-11-3-1-10(2-4-11)7-15(19)20/h1-6,8,18H,7,9H2,(H,19,20). The van der Waals surface area contributed by atoms with Gasteiger partial charge in [-0.2, -0.15) is 0 Å². The Hall–Kier alpha value is -1.52. The van der Waals surface area contributed by atoms with Gasteiger partial charge >= 0.3 is 5.97 Å². The van der Waals surface area contributed by atoms with E-state index in [4.69, 9.17) is 16.7 Å². The van der Waals surface area contributed by atoms with Crippen LogP contribution in [0.3, 0.4) is 0 Å². The van der Waals surface area contributed by atoms with Crippen LogP contribution >= 0.6 is 27.5 Å². The third-order valence-corrected chi connectivity index (χ3v) is 3.60. The first-order chi connectivity index (χ1) is 9.54. The first-order valence-electron chi connectivity index (χ1n) is 6.03. The summed E-state index contributed by atoms with van der Waals surface area (Å²) in [7, 11) is 0. The lowest BCUT2D eigenvalue weighted by Gasteiger charge is -2.09. The van der Waals surface area contributed by atoms with Gasteiger partial charge in [0.05, 0.1) is 17.1 Å². The highest BCUT2D eigenvalue weighted by atomic mass is 79.9. The van der Waals surface area contributed by atoms with Gasteiger partial charge in [-0.25, -0.2) is 0 Å². The van der Waals surface area contributed by atoms with E-state index in [1.54, 1.807) is 0 Å². The Balaban J connectivity index is 1.98. The third kappa shape index (κ3) is 4.25. The Morgan fingerprint density at radius 1 is 1.15 bits per heavy atom. The number of nitrogens with one attached hydrogen (secondary N) is 1. The van der Waals surface area contributed by atoms with Gasteiger partial charge in [0, 0.05) is 11.0 Å². The summed E-state index contributed by atoms with van der Waals surface area (Å²) in [6.07, 6.45) is 0.0479. The topological polar surface area (TPSA) is 49.3 Å². The molecule has 0 fully saturated rings.